The van der Waals surface area contributed by atoms with Gasteiger partial charge in [0.05, 0.1) is 0 Å². The fourth-order valence-corrected chi connectivity index (χ4v) is 2.15. The van der Waals surface area contributed by atoms with Gasteiger partial charge >= 0.3 is 0 Å². The van der Waals surface area contributed by atoms with Crippen molar-refractivity contribution in [3.05, 3.63) is 35.4 Å². The summed E-state index contributed by atoms with van der Waals surface area (Å²) in [4.78, 5) is 0. The fraction of sp³-hybridized carbons (Fsp3) is 0.143. The molecule has 0 unspecified atom stereocenters. The standard InChI is InChI=1S/C14H14O4/c1-7-3-9(15)5-11(17)13(7)14-8(2)4-10(16)6-12(14)18/h3-6,15-18H,1-2H3. The van der Waals surface area contributed by atoms with Crippen LogP contribution < -0.4 is 0 Å². The minimum Gasteiger partial charge on any atom is -0.508 e. The van der Waals surface area contributed by atoms with Gasteiger partial charge in [-0.1, -0.05) is 0 Å². The van der Waals surface area contributed by atoms with E-state index in [1.807, 2.05) is 0 Å². The molecule has 0 saturated carbocycles. The predicted molar refractivity (Wildman–Crippen MR) is 68.0 cm³/mol. The van der Waals surface area contributed by atoms with Crippen molar-refractivity contribution >= 4 is 0 Å². The van der Waals surface area contributed by atoms with Crippen LogP contribution in [0.5, 0.6) is 23.0 Å². The summed E-state index contributed by atoms with van der Waals surface area (Å²) in [5.41, 5.74) is 2.17. The molecule has 0 aliphatic heterocycles. The molecule has 0 atom stereocenters. The molecule has 0 spiro atoms. The van der Waals surface area contributed by atoms with Crippen LogP contribution >= 0.6 is 0 Å². The van der Waals surface area contributed by atoms with Crippen molar-refractivity contribution in [2.45, 2.75) is 13.8 Å². The molecule has 0 heterocycles. The lowest BCUT2D eigenvalue weighted by Gasteiger charge is -2.14. The molecule has 0 aromatic heterocycles. The van der Waals surface area contributed by atoms with Crippen LogP contribution in [0.1, 0.15) is 11.1 Å². The van der Waals surface area contributed by atoms with Gasteiger partial charge in [-0.15, -0.1) is 0 Å². The van der Waals surface area contributed by atoms with E-state index in [9.17, 15) is 20.4 Å². The van der Waals surface area contributed by atoms with Gasteiger partial charge in [0.1, 0.15) is 23.0 Å². The van der Waals surface area contributed by atoms with Gasteiger partial charge in [-0.3, -0.25) is 0 Å². The first-order valence-corrected chi connectivity index (χ1v) is 5.45. The van der Waals surface area contributed by atoms with Crippen LogP contribution in [0.2, 0.25) is 0 Å². The highest BCUT2D eigenvalue weighted by atomic mass is 16.3. The SMILES string of the molecule is Cc1cc(O)cc(O)c1-c1c(C)cc(O)cc1O. The predicted octanol–water partition coefficient (Wildman–Crippen LogP) is 2.79. The Bertz CT molecular complexity index is 516. The van der Waals surface area contributed by atoms with Crippen LogP contribution in [-0.4, -0.2) is 20.4 Å². The smallest absolute Gasteiger partial charge is 0.127 e. The van der Waals surface area contributed by atoms with E-state index in [1.54, 1.807) is 13.8 Å². The van der Waals surface area contributed by atoms with Crippen LogP contribution in [0.4, 0.5) is 0 Å². The van der Waals surface area contributed by atoms with Crippen LogP contribution in [0.3, 0.4) is 0 Å². The van der Waals surface area contributed by atoms with Crippen molar-refractivity contribution in [2.75, 3.05) is 0 Å². The third kappa shape index (κ3) is 1.93. The van der Waals surface area contributed by atoms with Gasteiger partial charge in [0.2, 0.25) is 0 Å². The van der Waals surface area contributed by atoms with E-state index in [1.165, 1.54) is 24.3 Å². The Morgan fingerprint density at radius 2 is 0.944 bits per heavy atom. The molecule has 4 N–H and O–H groups in total. The van der Waals surface area contributed by atoms with Crippen LogP contribution in [0.25, 0.3) is 11.1 Å². The van der Waals surface area contributed by atoms with E-state index in [4.69, 9.17) is 0 Å². The van der Waals surface area contributed by atoms with E-state index < -0.39 is 0 Å². The van der Waals surface area contributed by atoms with E-state index >= 15 is 0 Å². The maximum atomic E-state index is 9.91. The first-order valence-electron chi connectivity index (χ1n) is 5.45. The van der Waals surface area contributed by atoms with Gasteiger partial charge in [0.15, 0.2) is 0 Å². The molecule has 94 valence electrons. The largest absolute Gasteiger partial charge is 0.508 e. The number of phenols is 4. The Morgan fingerprint density at radius 3 is 1.22 bits per heavy atom. The zero-order valence-electron chi connectivity index (χ0n) is 10.1. The third-order valence-electron chi connectivity index (χ3n) is 2.85. The number of rotatable bonds is 1. The second-order valence-electron chi connectivity index (χ2n) is 4.31. The molecule has 2 aromatic rings. The topological polar surface area (TPSA) is 80.9 Å². The number of benzene rings is 2. The maximum absolute atomic E-state index is 9.91. The first kappa shape index (κ1) is 12.1. The molecule has 0 fully saturated rings. The number of aromatic hydroxyl groups is 4. The highest BCUT2D eigenvalue weighted by molar-refractivity contribution is 5.82. The number of hydrogen-bond acceptors (Lipinski definition) is 4. The molecule has 0 amide bonds. The minimum atomic E-state index is -0.114. The van der Waals surface area contributed by atoms with Gasteiger partial charge in [0, 0.05) is 23.3 Å². The maximum Gasteiger partial charge on any atom is 0.127 e. The molecule has 0 aliphatic carbocycles. The lowest BCUT2D eigenvalue weighted by molar-refractivity contribution is 0.445. The average molecular weight is 246 g/mol. The quantitative estimate of drug-likeness (QED) is 0.623. The molecule has 2 aromatic carbocycles. The molecule has 4 heteroatoms. The molecular formula is C14H14O4. The van der Waals surface area contributed by atoms with Crippen molar-refractivity contribution < 1.29 is 20.4 Å². The summed E-state index contributed by atoms with van der Waals surface area (Å²) in [5, 5.41) is 38.6. The summed E-state index contributed by atoms with van der Waals surface area (Å²) in [6.07, 6.45) is 0. The van der Waals surface area contributed by atoms with Crippen molar-refractivity contribution in [3.8, 4) is 34.1 Å². The molecular weight excluding hydrogens is 232 g/mol. The zero-order valence-corrected chi connectivity index (χ0v) is 10.1. The van der Waals surface area contributed by atoms with Crippen LogP contribution in [0, 0.1) is 13.8 Å². The van der Waals surface area contributed by atoms with Crippen molar-refractivity contribution in [1.29, 1.82) is 0 Å². The Hall–Kier alpha value is -2.36. The molecule has 4 nitrogen and oxygen atoms in total. The minimum absolute atomic E-state index is 0.0373. The molecule has 18 heavy (non-hydrogen) atoms. The van der Waals surface area contributed by atoms with Crippen LogP contribution in [0.15, 0.2) is 24.3 Å². The summed E-state index contributed by atoms with van der Waals surface area (Å²) in [6, 6.07) is 5.43. The summed E-state index contributed by atoms with van der Waals surface area (Å²) < 4.78 is 0. The molecule has 0 aliphatic rings. The number of hydrogen-bond donors (Lipinski definition) is 4. The second kappa shape index (κ2) is 4.14. The lowest BCUT2D eigenvalue weighted by Crippen LogP contribution is -1.89. The van der Waals surface area contributed by atoms with Crippen molar-refractivity contribution in [1.82, 2.24) is 0 Å². The zero-order chi connectivity index (χ0) is 13.4. The highest BCUT2D eigenvalue weighted by Gasteiger charge is 2.16. The summed E-state index contributed by atoms with van der Waals surface area (Å²) in [7, 11) is 0. The Balaban J connectivity index is 2.78. The monoisotopic (exact) mass is 246 g/mol. The van der Waals surface area contributed by atoms with Crippen molar-refractivity contribution in [3.63, 3.8) is 0 Å². The summed E-state index contributed by atoms with van der Waals surface area (Å²) in [6.45, 7) is 3.45. The first-order chi connectivity index (χ1) is 8.40. The average Bonchev–Trinajstić information content (AvgIpc) is 2.20. The molecule has 0 radical (unpaired) electrons. The van der Waals surface area contributed by atoms with Crippen LogP contribution in [-0.2, 0) is 0 Å². The van der Waals surface area contributed by atoms with E-state index in [0.29, 0.717) is 22.3 Å². The Kier molecular flexibility index (Phi) is 2.79. The van der Waals surface area contributed by atoms with E-state index in [0.717, 1.165) is 0 Å². The normalized spacial score (nSPS) is 10.6. The highest BCUT2D eigenvalue weighted by Crippen LogP contribution is 2.43. The van der Waals surface area contributed by atoms with Gasteiger partial charge in [-0.2, -0.15) is 0 Å². The van der Waals surface area contributed by atoms with E-state index in [2.05, 4.69) is 0 Å². The number of phenolic OH excluding ortho intramolecular Hbond substituents is 4. The summed E-state index contributed by atoms with van der Waals surface area (Å²) >= 11 is 0. The molecule has 0 saturated heterocycles. The molecule has 2 rings (SSSR count). The van der Waals surface area contributed by atoms with Gasteiger partial charge in [-0.05, 0) is 37.1 Å². The Labute approximate surface area is 104 Å². The molecule has 0 bridgehead atoms. The number of aryl methyl sites for hydroxylation is 2. The lowest BCUT2D eigenvalue weighted by atomic mass is 9.94. The van der Waals surface area contributed by atoms with Gasteiger partial charge in [0.25, 0.3) is 0 Å². The van der Waals surface area contributed by atoms with E-state index in [-0.39, 0.29) is 23.0 Å². The Morgan fingerprint density at radius 1 is 0.611 bits per heavy atom. The third-order valence-corrected chi connectivity index (χ3v) is 2.85. The summed E-state index contributed by atoms with van der Waals surface area (Å²) in [5.74, 6) is -0.303. The fourth-order valence-electron chi connectivity index (χ4n) is 2.15. The second-order valence-corrected chi connectivity index (χ2v) is 4.31. The van der Waals surface area contributed by atoms with Gasteiger partial charge < -0.3 is 20.4 Å². The van der Waals surface area contributed by atoms with Gasteiger partial charge in [-0.25, -0.2) is 0 Å². The van der Waals surface area contributed by atoms with Crippen molar-refractivity contribution in [2.24, 2.45) is 0 Å².